The number of pyridine rings is 1. The number of halogens is 2. The summed E-state index contributed by atoms with van der Waals surface area (Å²) in [7, 11) is 0. The molecule has 3 aromatic rings. The molecule has 0 bridgehead atoms. The molecule has 0 atom stereocenters. The number of carbonyl (C=O) groups excluding carboxylic acids is 1. The molecule has 0 unspecified atom stereocenters. The first-order valence-corrected chi connectivity index (χ1v) is 6.80. The quantitative estimate of drug-likeness (QED) is 0.759. The van der Waals surface area contributed by atoms with Crippen LogP contribution in [-0.2, 0) is 0 Å². The van der Waals surface area contributed by atoms with Crippen molar-refractivity contribution in [1.82, 2.24) is 4.98 Å². The zero-order valence-corrected chi connectivity index (χ0v) is 11.9. The Balaban J connectivity index is 1.97. The molecule has 1 heterocycles. The molecule has 0 spiro atoms. The molecule has 2 N–H and O–H groups in total. The molecule has 22 heavy (non-hydrogen) atoms. The van der Waals surface area contributed by atoms with E-state index in [1.807, 2.05) is 0 Å². The Morgan fingerprint density at radius 1 is 1.14 bits per heavy atom. The van der Waals surface area contributed by atoms with E-state index < -0.39 is 17.2 Å². The van der Waals surface area contributed by atoms with Gasteiger partial charge in [0.1, 0.15) is 11.4 Å². The van der Waals surface area contributed by atoms with Crippen LogP contribution in [0.25, 0.3) is 10.9 Å². The van der Waals surface area contributed by atoms with Gasteiger partial charge in [-0.3, -0.25) is 9.59 Å². The molecule has 4 nitrogen and oxygen atoms in total. The number of benzene rings is 2. The molecule has 0 saturated heterocycles. The van der Waals surface area contributed by atoms with Crippen molar-refractivity contribution < 1.29 is 9.18 Å². The summed E-state index contributed by atoms with van der Waals surface area (Å²) >= 11 is 5.86. The molecule has 1 aromatic heterocycles. The Bertz CT molecular complexity index is 920. The van der Waals surface area contributed by atoms with Crippen LogP contribution in [0.15, 0.2) is 53.5 Å². The molecule has 0 radical (unpaired) electrons. The lowest BCUT2D eigenvalue weighted by Crippen LogP contribution is -2.21. The number of carbonyl (C=O) groups is 1. The second-order valence-corrected chi connectivity index (χ2v) is 5.12. The summed E-state index contributed by atoms with van der Waals surface area (Å²) in [5.74, 6) is -0.969. The smallest absolute Gasteiger partial charge is 0.261 e. The Labute approximate surface area is 129 Å². The van der Waals surface area contributed by atoms with Crippen LogP contribution in [0.3, 0.4) is 0 Å². The minimum atomic E-state index is -0.565. The lowest BCUT2D eigenvalue weighted by molar-refractivity contribution is 0.102. The topological polar surface area (TPSA) is 62.0 Å². The van der Waals surface area contributed by atoms with E-state index in [-0.39, 0.29) is 5.56 Å². The van der Waals surface area contributed by atoms with E-state index in [2.05, 4.69) is 10.3 Å². The van der Waals surface area contributed by atoms with Gasteiger partial charge in [-0.05, 0) is 42.5 Å². The molecule has 110 valence electrons. The van der Waals surface area contributed by atoms with E-state index in [1.165, 1.54) is 30.5 Å². The summed E-state index contributed by atoms with van der Waals surface area (Å²) in [6, 6.07) is 10.0. The van der Waals surface area contributed by atoms with Crippen molar-refractivity contribution in [3.63, 3.8) is 0 Å². The van der Waals surface area contributed by atoms with Gasteiger partial charge in [0.05, 0.1) is 5.52 Å². The zero-order valence-electron chi connectivity index (χ0n) is 11.2. The molecule has 1 amide bonds. The minimum absolute atomic E-state index is 0.0286. The normalized spacial score (nSPS) is 10.6. The highest BCUT2D eigenvalue weighted by Crippen LogP contribution is 2.16. The molecular weight excluding hydrogens is 307 g/mol. The second-order valence-electron chi connectivity index (χ2n) is 4.68. The van der Waals surface area contributed by atoms with E-state index >= 15 is 0 Å². The van der Waals surface area contributed by atoms with Crippen LogP contribution < -0.4 is 10.7 Å². The molecule has 6 heteroatoms. The van der Waals surface area contributed by atoms with Gasteiger partial charge in [0.2, 0.25) is 5.43 Å². The van der Waals surface area contributed by atoms with Crippen LogP contribution in [0.5, 0.6) is 0 Å². The average Bonchev–Trinajstić information content (AvgIpc) is 2.49. The first kappa shape index (κ1) is 14.3. The fourth-order valence-electron chi connectivity index (χ4n) is 2.09. The van der Waals surface area contributed by atoms with Crippen LogP contribution in [-0.4, -0.2) is 10.9 Å². The molecule has 0 aliphatic rings. The Hall–Kier alpha value is -2.66. The third-order valence-corrected chi connectivity index (χ3v) is 3.42. The highest BCUT2D eigenvalue weighted by Gasteiger charge is 2.13. The Morgan fingerprint density at radius 3 is 2.59 bits per heavy atom. The van der Waals surface area contributed by atoms with E-state index in [0.717, 1.165) is 0 Å². The Kier molecular flexibility index (Phi) is 3.65. The third kappa shape index (κ3) is 2.71. The van der Waals surface area contributed by atoms with Crippen LogP contribution >= 0.6 is 11.6 Å². The summed E-state index contributed by atoms with van der Waals surface area (Å²) < 4.78 is 12.8. The van der Waals surface area contributed by atoms with Gasteiger partial charge < -0.3 is 10.3 Å². The molecule has 0 aliphatic heterocycles. The number of rotatable bonds is 2. The van der Waals surface area contributed by atoms with Crippen LogP contribution in [0.4, 0.5) is 10.1 Å². The van der Waals surface area contributed by atoms with Gasteiger partial charge >= 0.3 is 0 Å². The summed E-state index contributed by atoms with van der Waals surface area (Å²) in [5.41, 5.74) is 0.530. The maximum Gasteiger partial charge on any atom is 0.261 e. The number of nitrogens with one attached hydrogen (secondary N) is 2. The highest BCUT2D eigenvalue weighted by atomic mass is 35.5. The SMILES string of the molecule is O=C(Nc1ccc(F)cc1)c1c[nH]c2cc(Cl)ccc2c1=O. The number of hydrogen-bond donors (Lipinski definition) is 2. The van der Waals surface area contributed by atoms with E-state index in [1.54, 1.807) is 18.2 Å². The fraction of sp³-hybridized carbons (Fsp3) is 0. The molecular formula is C16H10ClFN2O2. The van der Waals surface area contributed by atoms with E-state index in [9.17, 15) is 14.0 Å². The largest absolute Gasteiger partial charge is 0.360 e. The molecule has 0 fully saturated rings. The van der Waals surface area contributed by atoms with E-state index in [4.69, 9.17) is 11.6 Å². The van der Waals surface area contributed by atoms with E-state index in [0.29, 0.717) is 21.6 Å². The molecule has 0 saturated carbocycles. The van der Waals surface area contributed by atoms with Gasteiger partial charge in [0.25, 0.3) is 5.91 Å². The van der Waals surface area contributed by atoms with Gasteiger partial charge in [0.15, 0.2) is 0 Å². The number of fused-ring (bicyclic) bond motifs is 1. The van der Waals surface area contributed by atoms with Crippen LogP contribution in [0, 0.1) is 5.82 Å². The highest BCUT2D eigenvalue weighted by molar-refractivity contribution is 6.31. The van der Waals surface area contributed by atoms with Gasteiger partial charge in [-0.15, -0.1) is 0 Å². The predicted molar refractivity (Wildman–Crippen MR) is 83.9 cm³/mol. The van der Waals surface area contributed by atoms with Crippen molar-refractivity contribution >= 4 is 34.1 Å². The second kappa shape index (κ2) is 5.61. The summed E-state index contributed by atoms with van der Waals surface area (Å²) in [4.78, 5) is 27.4. The standard InChI is InChI=1S/C16H10ClFN2O2/c17-9-1-6-12-14(7-9)19-8-13(15(12)21)16(22)20-11-4-2-10(18)3-5-11/h1-8H,(H,19,21)(H,20,22). The van der Waals surface area contributed by atoms with Crippen molar-refractivity contribution in [3.8, 4) is 0 Å². The molecule has 0 aliphatic carbocycles. The van der Waals surface area contributed by atoms with Gasteiger partial charge in [-0.1, -0.05) is 11.6 Å². The van der Waals surface area contributed by atoms with Crippen LogP contribution in [0.2, 0.25) is 5.02 Å². The Morgan fingerprint density at radius 2 is 1.86 bits per heavy atom. The van der Waals surface area contributed by atoms with Gasteiger partial charge in [-0.2, -0.15) is 0 Å². The maximum absolute atomic E-state index is 12.8. The number of amides is 1. The first-order chi connectivity index (χ1) is 10.5. The number of hydrogen-bond acceptors (Lipinski definition) is 2. The fourth-order valence-corrected chi connectivity index (χ4v) is 2.27. The lowest BCUT2D eigenvalue weighted by Gasteiger charge is -2.06. The maximum atomic E-state index is 12.8. The molecule has 2 aromatic carbocycles. The zero-order chi connectivity index (χ0) is 15.7. The predicted octanol–water partition coefficient (Wildman–Crippen LogP) is 3.57. The van der Waals surface area contributed by atoms with Gasteiger partial charge in [-0.25, -0.2) is 4.39 Å². The lowest BCUT2D eigenvalue weighted by atomic mass is 10.1. The number of anilines is 1. The van der Waals surface area contributed by atoms with Crippen molar-refractivity contribution in [2.45, 2.75) is 0 Å². The van der Waals surface area contributed by atoms with Crippen molar-refractivity contribution in [3.05, 3.63) is 75.3 Å². The minimum Gasteiger partial charge on any atom is -0.360 e. The van der Waals surface area contributed by atoms with Gasteiger partial charge in [0, 0.05) is 22.3 Å². The summed E-state index contributed by atoms with van der Waals surface area (Å²) in [6.07, 6.45) is 1.33. The monoisotopic (exact) mass is 316 g/mol. The number of aromatic nitrogens is 1. The van der Waals surface area contributed by atoms with Crippen molar-refractivity contribution in [2.75, 3.05) is 5.32 Å². The van der Waals surface area contributed by atoms with Crippen molar-refractivity contribution in [2.24, 2.45) is 0 Å². The van der Waals surface area contributed by atoms with Crippen molar-refractivity contribution in [1.29, 1.82) is 0 Å². The summed E-state index contributed by atoms with van der Waals surface area (Å²) in [5, 5.41) is 3.41. The number of aromatic amines is 1. The number of H-pyrrole nitrogens is 1. The average molecular weight is 317 g/mol. The molecule has 3 rings (SSSR count). The summed E-state index contributed by atoms with van der Waals surface area (Å²) in [6.45, 7) is 0. The first-order valence-electron chi connectivity index (χ1n) is 6.42. The third-order valence-electron chi connectivity index (χ3n) is 3.19. The van der Waals surface area contributed by atoms with Crippen LogP contribution in [0.1, 0.15) is 10.4 Å².